The van der Waals surface area contributed by atoms with Crippen molar-refractivity contribution in [2.75, 3.05) is 4.67 Å². The van der Waals surface area contributed by atoms with Crippen molar-refractivity contribution in [3.8, 4) is 5.75 Å². The number of hydrogen-bond donors (Lipinski definition) is 0. The second-order valence-corrected chi connectivity index (χ2v) is 11.9. The number of amides is 2. The van der Waals surface area contributed by atoms with E-state index >= 15 is 0 Å². The number of anilines is 1. The molecule has 2 atom stereocenters. The number of rotatable bonds is 3. The van der Waals surface area contributed by atoms with Gasteiger partial charge in [-0.1, -0.05) is 65.8 Å². The summed E-state index contributed by atoms with van der Waals surface area (Å²) >= 11 is 0. The molecule has 2 aliphatic heterocycles. The summed E-state index contributed by atoms with van der Waals surface area (Å²) in [5.74, 6) is 0.611. The van der Waals surface area contributed by atoms with Crippen molar-refractivity contribution in [3.63, 3.8) is 0 Å². The summed E-state index contributed by atoms with van der Waals surface area (Å²) in [4.78, 5) is 26.2. The van der Waals surface area contributed by atoms with E-state index in [0.717, 1.165) is 16.8 Å². The molecule has 5 nitrogen and oxygen atoms in total. The minimum Gasteiger partial charge on any atom is -0.436 e. The van der Waals surface area contributed by atoms with Crippen molar-refractivity contribution in [1.82, 2.24) is 4.67 Å². The minimum atomic E-state index is -1.61. The van der Waals surface area contributed by atoms with Gasteiger partial charge in [0, 0.05) is 6.42 Å². The Morgan fingerprint density at radius 1 is 0.903 bits per heavy atom. The van der Waals surface area contributed by atoms with Gasteiger partial charge in [0.1, 0.15) is 11.8 Å². The zero-order valence-corrected chi connectivity index (χ0v) is 20.1. The third-order valence-corrected chi connectivity index (χ3v) is 7.87. The zero-order chi connectivity index (χ0) is 22.6. The van der Waals surface area contributed by atoms with E-state index in [1.807, 2.05) is 30.3 Å². The summed E-state index contributed by atoms with van der Waals surface area (Å²) in [5, 5.41) is 0. The third kappa shape index (κ3) is 4.08. The molecule has 4 rings (SSSR count). The first-order valence-corrected chi connectivity index (χ1v) is 12.0. The standard InChI is InChI=1S/C25H31N2O3P/c1-24(2,3)17-14-18(25(4,5)6)16-19(15-17)26-23(29)21-12-13-22(28)27(21)31(26)30-20-10-8-7-9-11-20/h7-11,14-16,21H,12-13H2,1-6H3/t21-,31?/m0/s1. The fraction of sp³-hybridized carbons (Fsp3) is 0.440. The molecule has 2 fully saturated rings. The molecule has 0 saturated carbocycles. The van der Waals surface area contributed by atoms with Gasteiger partial charge in [-0.3, -0.25) is 14.3 Å². The summed E-state index contributed by atoms with van der Waals surface area (Å²) in [6.45, 7) is 13.1. The monoisotopic (exact) mass is 438 g/mol. The van der Waals surface area contributed by atoms with Gasteiger partial charge in [-0.25, -0.2) is 4.67 Å². The Kier molecular flexibility index (Phi) is 5.37. The fourth-order valence-electron chi connectivity index (χ4n) is 3.92. The van der Waals surface area contributed by atoms with Crippen molar-refractivity contribution >= 4 is 26.0 Å². The van der Waals surface area contributed by atoms with Crippen LogP contribution in [-0.2, 0) is 20.4 Å². The van der Waals surface area contributed by atoms with Crippen LogP contribution in [0.3, 0.4) is 0 Å². The van der Waals surface area contributed by atoms with Crippen LogP contribution in [0.25, 0.3) is 0 Å². The van der Waals surface area contributed by atoms with Gasteiger partial charge in [0.05, 0.1) is 5.69 Å². The number of benzene rings is 2. The minimum absolute atomic E-state index is 0.00841. The van der Waals surface area contributed by atoms with Crippen molar-refractivity contribution in [2.24, 2.45) is 0 Å². The molecule has 0 N–H and O–H groups in total. The van der Waals surface area contributed by atoms with Crippen LogP contribution in [0.15, 0.2) is 48.5 Å². The highest BCUT2D eigenvalue weighted by Crippen LogP contribution is 2.58. The Morgan fingerprint density at radius 2 is 1.48 bits per heavy atom. The molecule has 164 valence electrons. The highest BCUT2D eigenvalue weighted by Gasteiger charge is 2.55. The van der Waals surface area contributed by atoms with Gasteiger partial charge >= 0.3 is 8.45 Å². The van der Waals surface area contributed by atoms with Gasteiger partial charge in [0.2, 0.25) is 5.91 Å². The normalized spacial score (nSPS) is 21.6. The molecule has 2 aromatic carbocycles. The number of nitrogens with zero attached hydrogens (tertiary/aromatic N) is 2. The Morgan fingerprint density at radius 3 is 2.03 bits per heavy atom. The highest BCUT2D eigenvalue weighted by molar-refractivity contribution is 7.55. The molecule has 2 aromatic rings. The molecule has 0 spiro atoms. The van der Waals surface area contributed by atoms with E-state index in [4.69, 9.17) is 4.52 Å². The van der Waals surface area contributed by atoms with Gasteiger partial charge in [0.25, 0.3) is 5.91 Å². The number of carbonyl (C=O) groups excluding carboxylic acids is 2. The van der Waals surface area contributed by atoms with Gasteiger partial charge in [-0.2, -0.15) is 0 Å². The average molecular weight is 439 g/mol. The van der Waals surface area contributed by atoms with E-state index < -0.39 is 14.5 Å². The lowest BCUT2D eigenvalue weighted by atomic mass is 9.80. The summed E-state index contributed by atoms with van der Waals surface area (Å²) in [6, 6.07) is 15.4. The van der Waals surface area contributed by atoms with E-state index in [1.165, 1.54) is 0 Å². The Labute approximate surface area is 186 Å². The number of carbonyl (C=O) groups is 2. The van der Waals surface area contributed by atoms with E-state index in [-0.39, 0.29) is 22.6 Å². The topological polar surface area (TPSA) is 49.9 Å². The molecule has 2 amide bonds. The molecule has 2 saturated heterocycles. The van der Waals surface area contributed by atoms with Crippen molar-refractivity contribution in [2.45, 2.75) is 71.3 Å². The Balaban J connectivity index is 1.84. The lowest BCUT2D eigenvalue weighted by Crippen LogP contribution is -2.29. The molecule has 0 bridgehead atoms. The van der Waals surface area contributed by atoms with Crippen LogP contribution in [0.2, 0.25) is 0 Å². The molecule has 6 heteroatoms. The Bertz CT molecular complexity index is 975. The molecule has 0 aliphatic carbocycles. The first-order chi connectivity index (χ1) is 14.5. The van der Waals surface area contributed by atoms with E-state index in [1.54, 1.807) is 9.34 Å². The number of para-hydroxylation sites is 1. The van der Waals surface area contributed by atoms with Crippen molar-refractivity contribution in [1.29, 1.82) is 0 Å². The van der Waals surface area contributed by atoms with Gasteiger partial charge in [0.15, 0.2) is 0 Å². The molecule has 2 aliphatic rings. The smallest absolute Gasteiger partial charge is 0.320 e. The van der Waals surface area contributed by atoms with Crippen molar-refractivity contribution < 1.29 is 14.1 Å². The largest absolute Gasteiger partial charge is 0.436 e. The maximum atomic E-state index is 13.5. The molecule has 31 heavy (non-hydrogen) atoms. The van der Waals surface area contributed by atoms with Gasteiger partial charge in [-0.05, 0) is 52.6 Å². The first kappa shape index (κ1) is 21.8. The van der Waals surface area contributed by atoms with Gasteiger partial charge < -0.3 is 4.52 Å². The molecule has 1 unspecified atom stereocenters. The van der Waals surface area contributed by atoms with Crippen molar-refractivity contribution in [3.05, 3.63) is 59.7 Å². The average Bonchev–Trinajstić information content (AvgIpc) is 3.20. The van der Waals surface area contributed by atoms with E-state index in [2.05, 4.69) is 59.7 Å². The number of fused-ring (bicyclic) bond motifs is 1. The molecular weight excluding hydrogens is 407 g/mol. The molecular formula is C25H31N2O3P. The van der Waals surface area contributed by atoms with E-state index in [9.17, 15) is 9.59 Å². The first-order valence-electron chi connectivity index (χ1n) is 10.8. The predicted molar refractivity (Wildman–Crippen MR) is 125 cm³/mol. The SMILES string of the molecule is CC(C)(C)c1cc(N2C(=O)[C@@H]3CCC(=O)N3P2Oc2ccccc2)cc(C(C)(C)C)c1. The molecule has 0 radical (unpaired) electrons. The summed E-state index contributed by atoms with van der Waals surface area (Å²) in [6.07, 6.45) is 0.951. The van der Waals surface area contributed by atoms with Crippen LogP contribution in [0.1, 0.15) is 65.5 Å². The maximum absolute atomic E-state index is 13.5. The zero-order valence-electron chi connectivity index (χ0n) is 19.2. The van der Waals surface area contributed by atoms with Crippen LogP contribution in [0.5, 0.6) is 5.75 Å². The summed E-state index contributed by atoms with van der Waals surface area (Å²) in [7, 11) is -1.61. The van der Waals surface area contributed by atoms with Gasteiger partial charge in [-0.15, -0.1) is 0 Å². The maximum Gasteiger partial charge on any atom is 0.320 e. The quantitative estimate of drug-likeness (QED) is 0.559. The summed E-state index contributed by atoms with van der Waals surface area (Å²) < 4.78 is 9.75. The fourth-order valence-corrected chi connectivity index (χ4v) is 5.95. The van der Waals surface area contributed by atoms with Crippen LogP contribution < -0.4 is 9.19 Å². The van der Waals surface area contributed by atoms with E-state index in [0.29, 0.717) is 18.6 Å². The van der Waals surface area contributed by atoms with Crippen LogP contribution in [0, 0.1) is 0 Å². The second-order valence-electron chi connectivity index (χ2n) is 10.4. The third-order valence-electron chi connectivity index (χ3n) is 5.86. The lowest BCUT2D eigenvalue weighted by Gasteiger charge is -2.31. The van der Waals surface area contributed by atoms with Crippen LogP contribution in [-0.4, -0.2) is 22.5 Å². The Hall–Kier alpha value is -2.39. The predicted octanol–water partition coefficient (Wildman–Crippen LogP) is 5.93. The highest BCUT2D eigenvalue weighted by atomic mass is 31.2. The summed E-state index contributed by atoms with van der Waals surface area (Å²) in [5.41, 5.74) is 2.99. The number of hydrogen-bond acceptors (Lipinski definition) is 3. The molecule has 0 aromatic heterocycles. The second kappa shape index (κ2) is 7.63. The van der Waals surface area contributed by atoms with Crippen LogP contribution in [0.4, 0.5) is 5.69 Å². The molecule has 2 heterocycles. The lowest BCUT2D eigenvalue weighted by molar-refractivity contribution is -0.127. The van der Waals surface area contributed by atoms with Crippen LogP contribution >= 0.6 is 8.45 Å².